The molecule has 1 saturated heterocycles. The van der Waals surface area contributed by atoms with Gasteiger partial charge < -0.3 is 5.11 Å². The van der Waals surface area contributed by atoms with Crippen LogP contribution in [0.5, 0.6) is 0 Å². The van der Waals surface area contributed by atoms with Crippen LogP contribution in [0.2, 0.25) is 0 Å². The quantitative estimate of drug-likeness (QED) is 0.246. The summed E-state index contributed by atoms with van der Waals surface area (Å²) in [6, 6.07) is 0. The lowest BCUT2D eigenvalue weighted by Gasteiger charge is -2.17. The van der Waals surface area contributed by atoms with E-state index in [1.807, 2.05) is 23.5 Å². The lowest BCUT2D eigenvalue weighted by atomic mass is 10.0. The second-order valence-corrected chi connectivity index (χ2v) is 10.4. The largest absolute Gasteiger partial charge is 0.396 e. The second kappa shape index (κ2) is 15.0. The molecular weight excluding hydrogens is 340 g/mol. The molecule has 23 heavy (non-hydrogen) atoms. The van der Waals surface area contributed by atoms with Crippen LogP contribution in [0.3, 0.4) is 0 Å². The maximum Gasteiger partial charge on any atom is 0.104 e. The predicted molar refractivity (Wildman–Crippen MR) is 113 cm³/mol. The van der Waals surface area contributed by atoms with Crippen molar-refractivity contribution in [2.75, 3.05) is 6.61 Å². The van der Waals surface area contributed by atoms with Crippen molar-refractivity contribution in [3.8, 4) is 0 Å². The van der Waals surface area contributed by atoms with E-state index >= 15 is 0 Å². The molecule has 1 nitrogen and oxygen atoms in total. The van der Waals surface area contributed by atoms with Gasteiger partial charge in [0.05, 0.1) is 0 Å². The minimum atomic E-state index is 0.355. The molecule has 0 amide bonds. The van der Waals surface area contributed by atoms with Crippen LogP contribution in [0.1, 0.15) is 96.8 Å². The van der Waals surface area contributed by atoms with Crippen LogP contribution < -0.4 is 0 Å². The lowest BCUT2D eigenvalue weighted by molar-refractivity contribution is 0.282. The van der Waals surface area contributed by atoms with Crippen LogP contribution >= 0.6 is 35.7 Å². The van der Waals surface area contributed by atoms with Gasteiger partial charge in [-0.3, -0.25) is 0 Å². The van der Waals surface area contributed by atoms with Crippen LogP contribution in [-0.2, 0) is 0 Å². The molecule has 0 aromatic heterocycles. The third kappa shape index (κ3) is 11.1. The number of aliphatic hydroxyl groups excluding tert-OH is 1. The highest BCUT2D eigenvalue weighted by atomic mass is 32.2. The summed E-state index contributed by atoms with van der Waals surface area (Å²) in [5.41, 5.74) is 0. The molecule has 0 radical (unpaired) electrons. The van der Waals surface area contributed by atoms with E-state index in [-0.39, 0.29) is 0 Å². The Morgan fingerprint density at radius 1 is 0.739 bits per heavy atom. The highest BCUT2D eigenvalue weighted by Crippen LogP contribution is 2.44. The van der Waals surface area contributed by atoms with E-state index in [0.29, 0.717) is 6.61 Å². The average molecular weight is 377 g/mol. The van der Waals surface area contributed by atoms with E-state index in [0.717, 1.165) is 16.9 Å². The molecule has 2 unspecified atom stereocenters. The minimum Gasteiger partial charge on any atom is -0.396 e. The summed E-state index contributed by atoms with van der Waals surface area (Å²) in [5, 5.41) is 10.3. The molecule has 0 aromatic rings. The van der Waals surface area contributed by atoms with Crippen LogP contribution in [0, 0.1) is 0 Å². The Hall–Kier alpha value is 0.750. The Morgan fingerprint density at radius 2 is 1.17 bits per heavy atom. The molecule has 0 spiro atoms. The zero-order valence-corrected chi connectivity index (χ0v) is 17.4. The summed E-state index contributed by atoms with van der Waals surface area (Å²) in [6.45, 7) is 2.64. The van der Waals surface area contributed by atoms with E-state index in [2.05, 4.69) is 6.92 Å². The monoisotopic (exact) mass is 376 g/mol. The van der Waals surface area contributed by atoms with Gasteiger partial charge >= 0.3 is 0 Å². The van der Waals surface area contributed by atoms with Crippen molar-refractivity contribution < 1.29 is 5.11 Å². The zero-order chi connectivity index (χ0) is 16.8. The molecule has 1 fully saturated rings. The Kier molecular flexibility index (Phi) is 14.3. The van der Waals surface area contributed by atoms with Gasteiger partial charge in [-0.15, -0.1) is 23.5 Å². The first-order valence-electron chi connectivity index (χ1n) is 9.76. The van der Waals surface area contributed by atoms with Crippen LogP contribution in [0.4, 0.5) is 0 Å². The van der Waals surface area contributed by atoms with Crippen molar-refractivity contribution >= 4 is 39.3 Å². The summed E-state index contributed by atoms with van der Waals surface area (Å²) >= 11 is 9.42. The van der Waals surface area contributed by atoms with Gasteiger partial charge in [0, 0.05) is 17.1 Å². The molecule has 1 aliphatic heterocycles. The van der Waals surface area contributed by atoms with Crippen LogP contribution in [-0.4, -0.2) is 25.7 Å². The summed E-state index contributed by atoms with van der Waals surface area (Å²) in [5.74, 6) is 0. The van der Waals surface area contributed by atoms with Crippen molar-refractivity contribution in [3.63, 3.8) is 0 Å². The van der Waals surface area contributed by atoms with Crippen molar-refractivity contribution in [2.45, 2.75) is 107 Å². The van der Waals surface area contributed by atoms with Crippen LogP contribution in [0.15, 0.2) is 0 Å². The highest BCUT2D eigenvalue weighted by Gasteiger charge is 2.31. The molecule has 1 heterocycles. The number of hydrogen-bond donors (Lipinski definition) is 1. The minimum absolute atomic E-state index is 0.355. The maximum absolute atomic E-state index is 8.78. The molecule has 136 valence electrons. The number of hydrogen-bond acceptors (Lipinski definition) is 4. The van der Waals surface area contributed by atoms with Gasteiger partial charge in [0.2, 0.25) is 0 Å². The molecule has 1 rings (SSSR count). The van der Waals surface area contributed by atoms with Gasteiger partial charge in [-0.1, -0.05) is 89.8 Å². The number of unbranched alkanes of at least 4 members (excludes halogenated alkanes) is 10. The zero-order valence-electron chi connectivity index (χ0n) is 14.9. The fraction of sp³-hybridized carbons (Fsp3) is 0.947. The molecule has 0 aliphatic carbocycles. The van der Waals surface area contributed by atoms with E-state index in [1.165, 1.54) is 87.0 Å². The number of thiocarbonyl (C=S) groups is 1. The number of rotatable bonds is 15. The fourth-order valence-corrected chi connectivity index (χ4v) is 6.88. The van der Waals surface area contributed by atoms with Crippen molar-refractivity contribution in [1.82, 2.24) is 0 Å². The second-order valence-electron chi connectivity index (χ2n) is 6.75. The van der Waals surface area contributed by atoms with Gasteiger partial charge in [0.1, 0.15) is 3.53 Å². The smallest absolute Gasteiger partial charge is 0.104 e. The van der Waals surface area contributed by atoms with Gasteiger partial charge in [-0.25, -0.2) is 0 Å². The molecule has 1 aliphatic rings. The van der Waals surface area contributed by atoms with Crippen molar-refractivity contribution in [3.05, 3.63) is 0 Å². The number of aliphatic hydroxyl groups is 1. The van der Waals surface area contributed by atoms with Gasteiger partial charge in [-0.05, 0) is 19.3 Å². The van der Waals surface area contributed by atoms with Crippen LogP contribution in [0.25, 0.3) is 0 Å². The Morgan fingerprint density at radius 3 is 1.65 bits per heavy atom. The Labute approximate surface area is 158 Å². The molecule has 0 aromatic carbocycles. The Bertz CT molecular complexity index is 296. The molecule has 0 saturated carbocycles. The summed E-state index contributed by atoms with van der Waals surface area (Å²) < 4.78 is 1.19. The van der Waals surface area contributed by atoms with E-state index in [4.69, 9.17) is 17.3 Å². The van der Waals surface area contributed by atoms with Crippen molar-refractivity contribution in [2.24, 2.45) is 0 Å². The topological polar surface area (TPSA) is 20.2 Å². The van der Waals surface area contributed by atoms with E-state index in [9.17, 15) is 0 Å². The normalized spacial score (nSPS) is 21.2. The molecule has 0 bridgehead atoms. The third-order valence-corrected chi connectivity index (χ3v) is 8.09. The van der Waals surface area contributed by atoms with E-state index in [1.54, 1.807) is 0 Å². The SMILES string of the molecule is CCCCCCCCC1SC(=S)SC1CCCCCCCCO. The Balaban J connectivity index is 2.06. The highest BCUT2D eigenvalue weighted by molar-refractivity contribution is 8.49. The lowest BCUT2D eigenvalue weighted by Crippen LogP contribution is -2.15. The first-order valence-corrected chi connectivity index (χ1v) is 11.9. The first kappa shape index (κ1) is 21.8. The molecule has 2 atom stereocenters. The molecule has 1 N–H and O–H groups in total. The molecule has 4 heteroatoms. The van der Waals surface area contributed by atoms with Gasteiger partial charge in [-0.2, -0.15) is 0 Å². The fourth-order valence-electron chi connectivity index (χ4n) is 3.21. The summed E-state index contributed by atoms with van der Waals surface area (Å²) in [4.78, 5) is 0. The number of thioether (sulfide) groups is 2. The first-order chi connectivity index (χ1) is 11.3. The van der Waals surface area contributed by atoms with Crippen molar-refractivity contribution in [1.29, 1.82) is 0 Å². The molecular formula is C19H36OS3. The summed E-state index contributed by atoms with van der Waals surface area (Å²) in [7, 11) is 0. The van der Waals surface area contributed by atoms with Gasteiger partial charge in [0.15, 0.2) is 0 Å². The average Bonchev–Trinajstić information content (AvgIpc) is 2.90. The standard InChI is InChI=1S/C19H36OS3/c1-2-3-4-5-8-11-14-17-18(23-19(21)22-17)15-12-9-6-7-10-13-16-20/h17-18,20H,2-16H2,1H3. The summed E-state index contributed by atoms with van der Waals surface area (Å²) in [6.07, 6.45) is 18.6. The third-order valence-electron chi connectivity index (χ3n) is 4.65. The maximum atomic E-state index is 8.78. The van der Waals surface area contributed by atoms with Gasteiger partial charge in [0.25, 0.3) is 0 Å². The van der Waals surface area contributed by atoms with E-state index < -0.39 is 0 Å². The predicted octanol–water partition coefficient (Wildman–Crippen LogP) is 6.96.